The van der Waals surface area contributed by atoms with E-state index < -0.39 is 11.9 Å². The first kappa shape index (κ1) is 23.7. The van der Waals surface area contributed by atoms with Crippen molar-refractivity contribution in [3.8, 4) is 0 Å². The van der Waals surface area contributed by atoms with Crippen LogP contribution in [0.4, 0.5) is 0 Å². The fraction of sp³-hybridized carbons (Fsp3) is 0.500. The molecule has 1 N–H and O–H groups in total. The quantitative estimate of drug-likeness (QED) is 0.394. The first-order valence-electron chi connectivity index (χ1n) is 9.89. The van der Waals surface area contributed by atoms with Gasteiger partial charge in [-0.2, -0.15) is 0 Å². The zero-order valence-corrected chi connectivity index (χ0v) is 17.9. The predicted molar refractivity (Wildman–Crippen MR) is 114 cm³/mol. The third-order valence-corrected chi connectivity index (χ3v) is 4.97. The summed E-state index contributed by atoms with van der Waals surface area (Å²) in [6.07, 6.45) is 15.6. The molecule has 0 amide bonds. The summed E-state index contributed by atoms with van der Waals surface area (Å²) in [5.74, 6) is -1.49. The van der Waals surface area contributed by atoms with E-state index in [1.54, 1.807) is 6.08 Å². The minimum Gasteiger partial charge on any atom is -0.481 e. The van der Waals surface area contributed by atoms with Crippen molar-refractivity contribution in [2.24, 2.45) is 5.41 Å². The average Bonchev–Trinajstić information content (AvgIpc) is 2.59. The Morgan fingerprint density at radius 1 is 1.14 bits per heavy atom. The largest absolute Gasteiger partial charge is 0.481 e. The van der Waals surface area contributed by atoms with Gasteiger partial charge in [-0.25, -0.2) is 0 Å². The molecular formula is C24H34O4. The van der Waals surface area contributed by atoms with E-state index in [2.05, 4.69) is 45.9 Å². The number of hydrogen-bond acceptors (Lipinski definition) is 3. The van der Waals surface area contributed by atoms with Crippen LogP contribution in [0.1, 0.15) is 66.7 Å². The minimum absolute atomic E-state index is 0.0982. The minimum atomic E-state index is -0.999. The van der Waals surface area contributed by atoms with Gasteiger partial charge in [0.15, 0.2) is 0 Å². The van der Waals surface area contributed by atoms with E-state index in [1.165, 1.54) is 36.0 Å². The van der Waals surface area contributed by atoms with Crippen molar-refractivity contribution in [2.75, 3.05) is 6.61 Å². The summed E-state index contributed by atoms with van der Waals surface area (Å²) in [5.41, 5.74) is 5.34. The van der Waals surface area contributed by atoms with Crippen LogP contribution in [0.2, 0.25) is 0 Å². The van der Waals surface area contributed by atoms with Crippen molar-refractivity contribution in [2.45, 2.75) is 66.7 Å². The molecule has 0 aromatic heterocycles. The van der Waals surface area contributed by atoms with Gasteiger partial charge in [0.25, 0.3) is 0 Å². The number of carboxylic acids is 1. The number of rotatable bonds is 9. The molecule has 0 aromatic rings. The molecule has 1 aliphatic rings. The van der Waals surface area contributed by atoms with Gasteiger partial charge in [0.05, 0.1) is 12.8 Å². The lowest BCUT2D eigenvalue weighted by atomic mass is 9.72. The number of ether oxygens (including phenoxy) is 1. The summed E-state index contributed by atoms with van der Waals surface area (Å²) in [7, 11) is 0. The van der Waals surface area contributed by atoms with Gasteiger partial charge in [0, 0.05) is 0 Å². The van der Waals surface area contributed by atoms with Gasteiger partial charge in [0.2, 0.25) is 0 Å². The van der Waals surface area contributed by atoms with Crippen LogP contribution in [0, 0.1) is 5.41 Å². The van der Waals surface area contributed by atoms with Crippen molar-refractivity contribution in [1.29, 1.82) is 0 Å². The molecule has 154 valence electrons. The van der Waals surface area contributed by atoms with Gasteiger partial charge in [-0.1, -0.05) is 60.9 Å². The first-order chi connectivity index (χ1) is 13.1. The fourth-order valence-corrected chi connectivity index (χ4v) is 3.25. The molecule has 0 fully saturated rings. The molecule has 1 rings (SSSR count). The van der Waals surface area contributed by atoms with E-state index in [9.17, 15) is 9.59 Å². The fourth-order valence-electron chi connectivity index (χ4n) is 3.25. The maximum Gasteiger partial charge on any atom is 0.306 e. The Labute approximate surface area is 169 Å². The van der Waals surface area contributed by atoms with Crippen molar-refractivity contribution in [1.82, 2.24) is 0 Å². The van der Waals surface area contributed by atoms with Crippen molar-refractivity contribution >= 4 is 11.9 Å². The number of aliphatic carboxylic acids is 1. The number of carbonyl (C=O) groups excluding carboxylic acids is 1. The summed E-state index contributed by atoms with van der Waals surface area (Å²) in [6.45, 7) is 11.0. The number of allylic oxidation sites excluding steroid dienone is 9. The molecule has 0 saturated heterocycles. The highest BCUT2D eigenvalue weighted by molar-refractivity contribution is 5.76. The smallest absolute Gasteiger partial charge is 0.306 e. The van der Waals surface area contributed by atoms with Gasteiger partial charge in [-0.3, -0.25) is 9.59 Å². The lowest BCUT2D eigenvalue weighted by Crippen LogP contribution is -2.19. The van der Waals surface area contributed by atoms with Crippen LogP contribution in [0.5, 0.6) is 0 Å². The number of hydrogen-bond donors (Lipinski definition) is 1. The van der Waals surface area contributed by atoms with E-state index in [0.717, 1.165) is 5.57 Å². The number of carboxylic acid groups (broad SMARTS) is 1. The molecule has 0 bridgehead atoms. The van der Waals surface area contributed by atoms with E-state index in [0.29, 0.717) is 0 Å². The first-order valence-corrected chi connectivity index (χ1v) is 9.89. The molecule has 0 radical (unpaired) electrons. The van der Waals surface area contributed by atoms with Crippen LogP contribution in [0.3, 0.4) is 0 Å². The summed E-state index contributed by atoms with van der Waals surface area (Å²) in [4.78, 5) is 21.8. The van der Waals surface area contributed by atoms with E-state index in [-0.39, 0.29) is 24.9 Å². The summed E-state index contributed by atoms with van der Waals surface area (Å²) in [6, 6.07) is 0. The molecule has 1 aliphatic carbocycles. The Balaban J connectivity index is 2.54. The molecule has 0 aliphatic heterocycles. The van der Waals surface area contributed by atoms with Crippen molar-refractivity contribution in [3.05, 3.63) is 58.7 Å². The maximum atomic E-state index is 11.3. The monoisotopic (exact) mass is 386 g/mol. The second kappa shape index (κ2) is 11.5. The standard InChI is InChI=1S/C24H34O4/c1-18(11-12-21-20(3)10-7-16-24(21,4)5)8-6-9-19(2)15-17-28-23(27)14-13-22(25)26/h6,8-9,11-12,15H,7,10,13-14,16-17H2,1-5H3,(H,25,26)/b9-6+,12-11+,18-8+,19-15+. The van der Waals surface area contributed by atoms with Gasteiger partial charge < -0.3 is 9.84 Å². The number of esters is 1. The Hall–Kier alpha value is -2.36. The molecule has 0 unspecified atom stereocenters. The van der Waals surface area contributed by atoms with Gasteiger partial charge in [0.1, 0.15) is 6.61 Å². The second-order valence-electron chi connectivity index (χ2n) is 8.06. The molecule has 0 aromatic carbocycles. The van der Waals surface area contributed by atoms with Crippen LogP contribution in [0.25, 0.3) is 0 Å². The van der Waals surface area contributed by atoms with Crippen LogP contribution in [-0.4, -0.2) is 23.7 Å². The third-order valence-electron chi connectivity index (χ3n) is 4.97. The molecule has 4 heteroatoms. The van der Waals surface area contributed by atoms with Crippen molar-refractivity contribution < 1.29 is 19.4 Å². The molecule has 0 heterocycles. The van der Waals surface area contributed by atoms with Gasteiger partial charge in [-0.05, 0) is 57.1 Å². The Morgan fingerprint density at radius 2 is 1.86 bits per heavy atom. The average molecular weight is 387 g/mol. The second-order valence-corrected chi connectivity index (χ2v) is 8.06. The van der Waals surface area contributed by atoms with Crippen LogP contribution in [0.15, 0.2) is 58.7 Å². The summed E-state index contributed by atoms with van der Waals surface area (Å²) in [5, 5.41) is 8.53. The third kappa shape index (κ3) is 9.03. The lowest BCUT2D eigenvalue weighted by molar-refractivity contribution is -0.146. The highest BCUT2D eigenvalue weighted by Gasteiger charge is 2.26. The zero-order chi connectivity index (χ0) is 21.2. The molecular weight excluding hydrogens is 352 g/mol. The molecule has 0 spiro atoms. The van der Waals surface area contributed by atoms with E-state index in [4.69, 9.17) is 9.84 Å². The normalized spacial score (nSPS) is 18.2. The van der Waals surface area contributed by atoms with Crippen LogP contribution < -0.4 is 0 Å². The van der Waals surface area contributed by atoms with Gasteiger partial charge >= 0.3 is 11.9 Å². The predicted octanol–water partition coefficient (Wildman–Crippen LogP) is 5.93. The van der Waals surface area contributed by atoms with E-state index >= 15 is 0 Å². The Bertz CT molecular complexity index is 715. The Kier molecular flexibility index (Phi) is 9.70. The van der Waals surface area contributed by atoms with E-state index in [1.807, 2.05) is 19.1 Å². The van der Waals surface area contributed by atoms with Gasteiger partial charge in [-0.15, -0.1) is 0 Å². The topological polar surface area (TPSA) is 63.6 Å². The summed E-state index contributed by atoms with van der Waals surface area (Å²) < 4.78 is 4.98. The molecule has 0 atom stereocenters. The number of carbonyl (C=O) groups is 2. The highest BCUT2D eigenvalue weighted by atomic mass is 16.5. The SMILES string of the molecule is CC1=C(/C=C/C(C)=C/C=C/C(C)=C/COC(=O)CCC(=O)O)C(C)(C)CCC1. The molecule has 4 nitrogen and oxygen atoms in total. The molecule has 28 heavy (non-hydrogen) atoms. The molecule has 0 saturated carbocycles. The Morgan fingerprint density at radius 3 is 2.50 bits per heavy atom. The summed E-state index contributed by atoms with van der Waals surface area (Å²) >= 11 is 0. The maximum absolute atomic E-state index is 11.3. The van der Waals surface area contributed by atoms with Crippen molar-refractivity contribution in [3.63, 3.8) is 0 Å². The zero-order valence-electron chi connectivity index (χ0n) is 17.9. The highest BCUT2D eigenvalue weighted by Crippen LogP contribution is 2.40. The lowest BCUT2D eigenvalue weighted by Gasteiger charge is -2.32. The van der Waals surface area contributed by atoms with Crippen LogP contribution >= 0.6 is 0 Å². The van der Waals surface area contributed by atoms with Crippen LogP contribution in [-0.2, 0) is 14.3 Å².